The molecule has 2 heterocycles. The second-order valence-corrected chi connectivity index (χ2v) is 7.70. The summed E-state index contributed by atoms with van der Waals surface area (Å²) in [4.78, 5) is 12.1. The van der Waals surface area contributed by atoms with Gasteiger partial charge in [-0.2, -0.15) is 0 Å². The van der Waals surface area contributed by atoms with E-state index in [9.17, 15) is 13.2 Å². The molecule has 8 heteroatoms. The third-order valence-electron chi connectivity index (χ3n) is 3.91. The summed E-state index contributed by atoms with van der Waals surface area (Å²) in [7, 11) is -1.80. The van der Waals surface area contributed by atoms with E-state index < -0.39 is 15.7 Å². The number of hydrogen-bond acceptors (Lipinski definition) is 6. The zero-order valence-electron chi connectivity index (χ0n) is 12.8. The Hall–Kier alpha value is -1.38. The minimum absolute atomic E-state index is 0.00178. The summed E-state index contributed by atoms with van der Waals surface area (Å²) < 4.78 is 33.1. The topological polar surface area (TPSA) is 97.6 Å². The first-order chi connectivity index (χ1) is 10.4. The predicted octanol–water partition coefficient (Wildman–Crippen LogP) is 0.429. The highest BCUT2D eigenvalue weighted by atomic mass is 32.2. The SMILES string of the molecule is COCC1(CNC(=O)c2ccc(S(C)(=O)=O)o2)CCNCC1. The number of carbonyl (C=O) groups excluding carboxylic acids is 1. The van der Waals surface area contributed by atoms with Crippen LogP contribution in [0.15, 0.2) is 21.6 Å². The summed E-state index contributed by atoms with van der Waals surface area (Å²) in [6.45, 7) is 2.81. The van der Waals surface area contributed by atoms with E-state index in [0.29, 0.717) is 13.2 Å². The number of furan rings is 1. The van der Waals surface area contributed by atoms with E-state index in [1.807, 2.05) is 0 Å². The summed E-state index contributed by atoms with van der Waals surface area (Å²) in [5.41, 5.74) is -0.0953. The van der Waals surface area contributed by atoms with Crippen LogP contribution in [0.3, 0.4) is 0 Å². The molecule has 0 aliphatic carbocycles. The molecule has 1 aliphatic rings. The van der Waals surface area contributed by atoms with Gasteiger partial charge in [-0.1, -0.05) is 0 Å². The van der Waals surface area contributed by atoms with Gasteiger partial charge in [-0.05, 0) is 38.1 Å². The van der Waals surface area contributed by atoms with Gasteiger partial charge >= 0.3 is 0 Å². The van der Waals surface area contributed by atoms with Crippen LogP contribution in [0.25, 0.3) is 0 Å². The van der Waals surface area contributed by atoms with Crippen LogP contribution in [0.2, 0.25) is 0 Å². The zero-order chi connectivity index (χ0) is 16.2. The number of hydrogen-bond donors (Lipinski definition) is 2. The molecule has 0 saturated carbocycles. The van der Waals surface area contributed by atoms with Crippen LogP contribution in [0.5, 0.6) is 0 Å². The summed E-state index contributed by atoms with van der Waals surface area (Å²) in [5.74, 6) is -0.411. The molecule has 1 aliphatic heterocycles. The maximum Gasteiger partial charge on any atom is 0.287 e. The molecule has 1 saturated heterocycles. The molecule has 0 spiro atoms. The van der Waals surface area contributed by atoms with Gasteiger partial charge < -0.3 is 19.8 Å². The van der Waals surface area contributed by atoms with E-state index in [1.54, 1.807) is 7.11 Å². The summed E-state index contributed by atoms with van der Waals surface area (Å²) in [6.07, 6.45) is 2.86. The van der Waals surface area contributed by atoms with E-state index in [-0.39, 0.29) is 16.3 Å². The summed E-state index contributed by atoms with van der Waals surface area (Å²) in [6, 6.07) is 2.66. The Morgan fingerprint density at radius 2 is 2.09 bits per heavy atom. The number of piperidine rings is 1. The van der Waals surface area contributed by atoms with Gasteiger partial charge in [0, 0.05) is 25.3 Å². The van der Waals surface area contributed by atoms with Crippen LogP contribution in [0.4, 0.5) is 0 Å². The fourth-order valence-corrected chi connectivity index (χ4v) is 3.19. The van der Waals surface area contributed by atoms with Crippen LogP contribution in [-0.4, -0.2) is 53.9 Å². The molecular formula is C14H22N2O5S. The van der Waals surface area contributed by atoms with Crippen molar-refractivity contribution < 1.29 is 22.4 Å². The molecule has 22 heavy (non-hydrogen) atoms. The Morgan fingerprint density at radius 1 is 1.41 bits per heavy atom. The van der Waals surface area contributed by atoms with Crippen LogP contribution < -0.4 is 10.6 Å². The first-order valence-corrected chi connectivity index (χ1v) is 9.03. The first kappa shape index (κ1) is 17.0. The molecule has 2 rings (SSSR count). The normalized spacial score (nSPS) is 18.1. The molecule has 1 fully saturated rings. The van der Waals surface area contributed by atoms with Crippen molar-refractivity contribution in [3.05, 3.63) is 17.9 Å². The predicted molar refractivity (Wildman–Crippen MR) is 80.6 cm³/mol. The summed E-state index contributed by atoms with van der Waals surface area (Å²) in [5, 5.41) is 5.90. The second kappa shape index (κ2) is 6.80. The quantitative estimate of drug-likeness (QED) is 0.785. The standard InChI is InChI=1S/C14H22N2O5S/c1-20-10-14(5-7-15-8-6-14)9-16-13(17)11-3-4-12(21-11)22(2,18)19/h3-4,15H,5-10H2,1-2H3,(H,16,17). The van der Waals surface area contributed by atoms with Crippen LogP contribution in [-0.2, 0) is 14.6 Å². The lowest BCUT2D eigenvalue weighted by Crippen LogP contribution is -2.47. The average molecular weight is 330 g/mol. The highest BCUT2D eigenvalue weighted by Gasteiger charge is 2.33. The van der Waals surface area contributed by atoms with Gasteiger partial charge in [0.25, 0.3) is 5.91 Å². The largest absolute Gasteiger partial charge is 0.440 e. The van der Waals surface area contributed by atoms with E-state index >= 15 is 0 Å². The molecule has 7 nitrogen and oxygen atoms in total. The van der Waals surface area contributed by atoms with Gasteiger partial charge in [-0.25, -0.2) is 8.42 Å². The molecule has 0 radical (unpaired) electrons. The molecule has 1 amide bonds. The Morgan fingerprint density at radius 3 is 2.64 bits per heavy atom. The van der Waals surface area contributed by atoms with Gasteiger partial charge in [-0.15, -0.1) is 0 Å². The van der Waals surface area contributed by atoms with E-state index in [4.69, 9.17) is 9.15 Å². The molecule has 1 aromatic heterocycles. The number of rotatable bonds is 6. The van der Waals surface area contributed by atoms with Crippen molar-refractivity contribution >= 4 is 15.7 Å². The molecule has 0 unspecified atom stereocenters. The van der Waals surface area contributed by atoms with Crippen LogP contribution in [0.1, 0.15) is 23.4 Å². The van der Waals surface area contributed by atoms with E-state index in [0.717, 1.165) is 32.2 Å². The number of methoxy groups -OCH3 is 1. The Labute approximate surface area is 130 Å². The monoisotopic (exact) mass is 330 g/mol. The fraction of sp³-hybridized carbons (Fsp3) is 0.643. The van der Waals surface area contributed by atoms with Crippen molar-refractivity contribution in [2.45, 2.75) is 17.9 Å². The Balaban J connectivity index is 2.00. The fourth-order valence-electron chi connectivity index (χ4n) is 2.63. The zero-order valence-corrected chi connectivity index (χ0v) is 13.7. The van der Waals surface area contributed by atoms with Crippen LogP contribution in [0, 0.1) is 5.41 Å². The van der Waals surface area contributed by atoms with Gasteiger partial charge in [0.15, 0.2) is 5.76 Å². The Kier molecular flexibility index (Phi) is 5.25. The van der Waals surface area contributed by atoms with Crippen LogP contribution >= 0.6 is 0 Å². The highest BCUT2D eigenvalue weighted by Crippen LogP contribution is 2.28. The number of ether oxygens (including phenoxy) is 1. The third kappa shape index (κ3) is 4.08. The van der Waals surface area contributed by atoms with Crippen molar-refractivity contribution in [3.8, 4) is 0 Å². The molecule has 1 aromatic rings. The molecule has 0 bridgehead atoms. The van der Waals surface area contributed by atoms with Gasteiger partial charge in [-0.3, -0.25) is 4.79 Å². The third-order valence-corrected chi connectivity index (χ3v) is 4.86. The number of sulfone groups is 1. The van der Waals surface area contributed by atoms with Crippen molar-refractivity contribution in [1.29, 1.82) is 0 Å². The molecular weight excluding hydrogens is 308 g/mol. The van der Waals surface area contributed by atoms with E-state index in [1.165, 1.54) is 12.1 Å². The maximum absolute atomic E-state index is 12.1. The number of carbonyl (C=O) groups is 1. The number of nitrogens with one attached hydrogen (secondary N) is 2. The summed E-state index contributed by atoms with van der Waals surface area (Å²) >= 11 is 0. The van der Waals surface area contributed by atoms with Crippen molar-refractivity contribution in [3.63, 3.8) is 0 Å². The van der Waals surface area contributed by atoms with Gasteiger partial charge in [0.2, 0.25) is 14.9 Å². The van der Waals surface area contributed by atoms with Gasteiger partial charge in [0.05, 0.1) is 6.61 Å². The average Bonchev–Trinajstić information content (AvgIpc) is 2.96. The minimum atomic E-state index is -3.45. The highest BCUT2D eigenvalue weighted by molar-refractivity contribution is 7.90. The molecule has 0 atom stereocenters. The van der Waals surface area contributed by atoms with Crippen molar-refractivity contribution in [2.24, 2.45) is 5.41 Å². The molecule has 0 aromatic carbocycles. The maximum atomic E-state index is 12.1. The first-order valence-electron chi connectivity index (χ1n) is 7.14. The lowest BCUT2D eigenvalue weighted by Gasteiger charge is -2.37. The van der Waals surface area contributed by atoms with Crippen molar-refractivity contribution in [2.75, 3.05) is 39.6 Å². The van der Waals surface area contributed by atoms with E-state index in [2.05, 4.69) is 10.6 Å². The van der Waals surface area contributed by atoms with Gasteiger partial charge in [0.1, 0.15) is 0 Å². The lowest BCUT2D eigenvalue weighted by molar-refractivity contribution is 0.0505. The Bertz CT molecular complexity index is 611. The molecule has 124 valence electrons. The second-order valence-electron chi connectivity index (χ2n) is 5.76. The minimum Gasteiger partial charge on any atom is -0.440 e. The number of amides is 1. The van der Waals surface area contributed by atoms with Crippen molar-refractivity contribution in [1.82, 2.24) is 10.6 Å². The smallest absolute Gasteiger partial charge is 0.287 e. The lowest BCUT2D eigenvalue weighted by atomic mass is 9.79. The molecule has 2 N–H and O–H groups in total.